The molecule has 3 rings (SSSR count). The maximum atomic E-state index is 12.0. The maximum absolute atomic E-state index is 12.0. The highest BCUT2D eigenvalue weighted by Crippen LogP contribution is 2.10. The van der Waals surface area contributed by atoms with Crippen LogP contribution in [0.4, 0.5) is 5.82 Å². The molecule has 3 heterocycles. The molecule has 6 heteroatoms. The number of pyridine rings is 2. The number of hydrogen-bond donors (Lipinski definition) is 1. The minimum atomic E-state index is -0.207. The summed E-state index contributed by atoms with van der Waals surface area (Å²) in [6.07, 6.45) is 4.96. The highest BCUT2D eigenvalue weighted by molar-refractivity contribution is 6.03. The van der Waals surface area contributed by atoms with Gasteiger partial charge in [-0.05, 0) is 23.8 Å². The summed E-state index contributed by atoms with van der Waals surface area (Å²) >= 11 is 0. The van der Waals surface area contributed by atoms with Crippen LogP contribution in [-0.2, 0) is 11.3 Å². The lowest BCUT2D eigenvalue weighted by Crippen LogP contribution is -2.35. The van der Waals surface area contributed by atoms with Gasteiger partial charge in [0.2, 0.25) is 0 Å². The first-order chi connectivity index (χ1) is 10.8. The highest BCUT2D eigenvalue weighted by Gasteiger charge is 2.11. The van der Waals surface area contributed by atoms with E-state index in [9.17, 15) is 4.79 Å². The SMILES string of the molecule is O=C(Nc1ccc(CN2CCOCC2)cn1)c1cccnc1. The zero-order chi connectivity index (χ0) is 15.2. The molecule has 1 aliphatic heterocycles. The van der Waals surface area contributed by atoms with Crippen molar-refractivity contribution in [2.75, 3.05) is 31.6 Å². The van der Waals surface area contributed by atoms with E-state index in [4.69, 9.17) is 4.74 Å². The van der Waals surface area contributed by atoms with Gasteiger partial charge < -0.3 is 10.1 Å². The Bertz CT molecular complexity index is 610. The van der Waals surface area contributed by atoms with Gasteiger partial charge in [0.25, 0.3) is 5.91 Å². The monoisotopic (exact) mass is 298 g/mol. The van der Waals surface area contributed by atoms with E-state index in [-0.39, 0.29) is 5.91 Å². The van der Waals surface area contributed by atoms with Crippen LogP contribution >= 0.6 is 0 Å². The van der Waals surface area contributed by atoms with Gasteiger partial charge in [0.1, 0.15) is 5.82 Å². The Kier molecular flexibility index (Phi) is 4.72. The van der Waals surface area contributed by atoms with Gasteiger partial charge in [0, 0.05) is 38.2 Å². The number of nitrogens with zero attached hydrogens (tertiary/aromatic N) is 3. The Morgan fingerprint density at radius 1 is 1.23 bits per heavy atom. The van der Waals surface area contributed by atoms with Crippen LogP contribution in [-0.4, -0.2) is 47.1 Å². The van der Waals surface area contributed by atoms with Crippen LogP contribution in [0.5, 0.6) is 0 Å². The van der Waals surface area contributed by atoms with Crippen molar-refractivity contribution in [2.45, 2.75) is 6.54 Å². The van der Waals surface area contributed by atoms with Crippen LogP contribution in [0.1, 0.15) is 15.9 Å². The first kappa shape index (κ1) is 14.6. The summed E-state index contributed by atoms with van der Waals surface area (Å²) in [6.45, 7) is 4.31. The summed E-state index contributed by atoms with van der Waals surface area (Å²) in [6, 6.07) is 7.26. The van der Waals surface area contributed by atoms with E-state index in [0.29, 0.717) is 11.4 Å². The maximum Gasteiger partial charge on any atom is 0.258 e. The number of ether oxygens (including phenoxy) is 1. The predicted molar refractivity (Wildman–Crippen MR) is 82.5 cm³/mol. The minimum absolute atomic E-state index is 0.207. The lowest BCUT2D eigenvalue weighted by Gasteiger charge is -2.26. The topological polar surface area (TPSA) is 67.4 Å². The fourth-order valence-electron chi connectivity index (χ4n) is 2.30. The quantitative estimate of drug-likeness (QED) is 0.928. The van der Waals surface area contributed by atoms with Gasteiger partial charge in [-0.2, -0.15) is 0 Å². The van der Waals surface area contributed by atoms with Crippen molar-refractivity contribution in [1.82, 2.24) is 14.9 Å². The summed E-state index contributed by atoms with van der Waals surface area (Å²) < 4.78 is 5.33. The van der Waals surface area contributed by atoms with Crippen molar-refractivity contribution in [3.05, 3.63) is 54.0 Å². The third-order valence-corrected chi connectivity index (χ3v) is 3.50. The molecule has 1 fully saturated rings. The number of anilines is 1. The molecule has 0 atom stereocenters. The molecule has 1 amide bonds. The molecule has 22 heavy (non-hydrogen) atoms. The zero-order valence-electron chi connectivity index (χ0n) is 12.2. The summed E-state index contributed by atoms with van der Waals surface area (Å²) in [5.74, 6) is 0.334. The second-order valence-electron chi connectivity index (χ2n) is 5.14. The van der Waals surface area contributed by atoms with Crippen LogP contribution in [0.25, 0.3) is 0 Å². The number of hydrogen-bond acceptors (Lipinski definition) is 5. The molecule has 0 saturated carbocycles. The van der Waals surface area contributed by atoms with Gasteiger partial charge in [0.05, 0.1) is 18.8 Å². The first-order valence-corrected chi connectivity index (χ1v) is 7.28. The molecule has 114 valence electrons. The van der Waals surface area contributed by atoms with Crippen LogP contribution < -0.4 is 5.32 Å². The summed E-state index contributed by atoms with van der Waals surface area (Å²) in [5.41, 5.74) is 1.64. The molecule has 0 aromatic carbocycles. The average molecular weight is 298 g/mol. The Morgan fingerprint density at radius 2 is 2.09 bits per heavy atom. The number of nitrogens with one attached hydrogen (secondary N) is 1. The van der Waals surface area contributed by atoms with Crippen molar-refractivity contribution in [2.24, 2.45) is 0 Å². The van der Waals surface area contributed by atoms with E-state index in [1.807, 2.05) is 12.1 Å². The third kappa shape index (κ3) is 3.87. The molecular weight excluding hydrogens is 280 g/mol. The van der Waals surface area contributed by atoms with E-state index in [0.717, 1.165) is 38.4 Å². The van der Waals surface area contributed by atoms with E-state index < -0.39 is 0 Å². The van der Waals surface area contributed by atoms with Gasteiger partial charge in [-0.15, -0.1) is 0 Å². The lowest BCUT2D eigenvalue weighted by atomic mass is 10.2. The number of rotatable bonds is 4. The van der Waals surface area contributed by atoms with Crippen LogP contribution in [0.3, 0.4) is 0 Å². The molecule has 0 unspecified atom stereocenters. The van der Waals surface area contributed by atoms with Gasteiger partial charge in [-0.25, -0.2) is 4.98 Å². The summed E-state index contributed by atoms with van der Waals surface area (Å²) in [4.78, 5) is 22.6. The Hall–Kier alpha value is -2.31. The predicted octanol–water partition coefficient (Wildman–Crippen LogP) is 1.56. The fraction of sp³-hybridized carbons (Fsp3) is 0.312. The average Bonchev–Trinajstić information content (AvgIpc) is 2.58. The minimum Gasteiger partial charge on any atom is -0.379 e. The number of carbonyl (C=O) groups excluding carboxylic acids is 1. The largest absolute Gasteiger partial charge is 0.379 e. The smallest absolute Gasteiger partial charge is 0.258 e. The molecule has 6 nitrogen and oxygen atoms in total. The Labute approximate surface area is 129 Å². The van der Waals surface area contributed by atoms with Crippen molar-refractivity contribution < 1.29 is 9.53 Å². The number of carbonyl (C=O) groups is 1. The first-order valence-electron chi connectivity index (χ1n) is 7.28. The molecule has 0 aliphatic carbocycles. The van der Waals surface area contributed by atoms with Crippen molar-refractivity contribution >= 4 is 11.7 Å². The van der Waals surface area contributed by atoms with Crippen LogP contribution in [0, 0.1) is 0 Å². The van der Waals surface area contributed by atoms with Crippen molar-refractivity contribution in [3.63, 3.8) is 0 Å². The van der Waals surface area contributed by atoms with Crippen molar-refractivity contribution in [1.29, 1.82) is 0 Å². The number of aromatic nitrogens is 2. The standard InChI is InChI=1S/C16H18N4O2/c21-16(14-2-1-5-17-11-14)19-15-4-3-13(10-18-15)12-20-6-8-22-9-7-20/h1-5,10-11H,6-9,12H2,(H,18,19,21). The molecule has 0 spiro atoms. The Balaban J connectivity index is 1.58. The van der Waals surface area contributed by atoms with Crippen LogP contribution in [0.15, 0.2) is 42.9 Å². The number of amides is 1. The lowest BCUT2D eigenvalue weighted by molar-refractivity contribution is 0.0341. The highest BCUT2D eigenvalue weighted by atomic mass is 16.5. The van der Waals surface area contributed by atoms with E-state index in [1.165, 1.54) is 6.20 Å². The molecule has 0 bridgehead atoms. The normalized spacial score (nSPS) is 15.5. The molecule has 2 aromatic rings. The summed E-state index contributed by atoms with van der Waals surface area (Å²) in [5, 5.41) is 2.77. The van der Waals surface area contributed by atoms with E-state index in [1.54, 1.807) is 24.5 Å². The van der Waals surface area contributed by atoms with E-state index >= 15 is 0 Å². The van der Waals surface area contributed by atoms with Gasteiger partial charge >= 0.3 is 0 Å². The zero-order valence-corrected chi connectivity index (χ0v) is 12.2. The fourth-order valence-corrected chi connectivity index (χ4v) is 2.30. The van der Waals surface area contributed by atoms with Crippen molar-refractivity contribution in [3.8, 4) is 0 Å². The molecular formula is C16H18N4O2. The van der Waals surface area contributed by atoms with Gasteiger partial charge in [-0.3, -0.25) is 14.7 Å². The molecule has 1 aliphatic rings. The van der Waals surface area contributed by atoms with Gasteiger partial charge in [-0.1, -0.05) is 6.07 Å². The van der Waals surface area contributed by atoms with Gasteiger partial charge in [0.15, 0.2) is 0 Å². The second kappa shape index (κ2) is 7.11. The summed E-state index contributed by atoms with van der Waals surface area (Å²) in [7, 11) is 0. The van der Waals surface area contributed by atoms with E-state index in [2.05, 4.69) is 20.2 Å². The third-order valence-electron chi connectivity index (χ3n) is 3.50. The molecule has 0 radical (unpaired) electrons. The van der Waals surface area contributed by atoms with Crippen LogP contribution in [0.2, 0.25) is 0 Å². The molecule has 1 N–H and O–H groups in total. The second-order valence-corrected chi connectivity index (χ2v) is 5.14. The number of morpholine rings is 1. The molecule has 2 aromatic heterocycles. The molecule has 1 saturated heterocycles. The Morgan fingerprint density at radius 3 is 2.77 bits per heavy atom.